The number of rotatable bonds is 2. The normalized spacial score (nSPS) is 12.1. The summed E-state index contributed by atoms with van der Waals surface area (Å²) in [7, 11) is -4.15. The molecular formula is C6H4F3IN2O2S. The first kappa shape index (κ1) is 12.6. The number of aromatic nitrogens is 1. The zero-order chi connectivity index (χ0) is 11.8. The van der Waals surface area contributed by atoms with Gasteiger partial charge in [-0.2, -0.15) is 0 Å². The molecule has 0 saturated heterocycles. The van der Waals surface area contributed by atoms with Crippen LogP contribution in [0.5, 0.6) is 0 Å². The molecule has 0 aromatic carbocycles. The minimum Gasteiger partial charge on any atom is -0.236 e. The van der Waals surface area contributed by atoms with Gasteiger partial charge in [0.25, 0.3) is 6.43 Å². The van der Waals surface area contributed by atoms with E-state index in [1.54, 1.807) is 0 Å². The fourth-order valence-corrected chi connectivity index (χ4v) is 2.70. The molecule has 1 rings (SSSR count). The fraction of sp³-hybridized carbons (Fsp3) is 0.167. The maximum Gasteiger partial charge on any atom is 0.283 e. The summed E-state index contributed by atoms with van der Waals surface area (Å²) in [5.41, 5.74) is -1.09. The summed E-state index contributed by atoms with van der Waals surface area (Å²) in [6.07, 6.45) is -3.10. The molecule has 0 saturated carbocycles. The number of pyridine rings is 1. The lowest BCUT2D eigenvalue weighted by molar-refractivity contribution is 0.140. The monoisotopic (exact) mass is 352 g/mol. The van der Waals surface area contributed by atoms with Gasteiger partial charge in [0.05, 0.1) is 0 Å². The molecule has 1 aromatic heterocycles. The lowest BCUT2D eigenvalue weighted by Gasteiger charge is -2.05. The van der Waals surface area contributed by atoms with Crippen molar-refractivity contribution in [1.82, 2.24) is 4.98 Å². The number of nitrogens with two attached hydrogens (primary N) is 1. The Morgan fingerprint density at radius 2 is 2.00 bits per heavy atom. The molecule has 9 heteroatoms. The Labute approximate surface area is 96.9 Å². The molecule has 15 heavy (non-hydrogen) atoms. The minimum absolute atomic E-state index is 0.285. The molecule has 0 unspecified atom stereocenters. The average Bonchev–Trinajstić information content (AvgIpc) is 2.06. The van der Waals surface area contributed by atoms with E-state index in [9.17, 15) is 21.6 Å². The van der Waals surface area contributed by atoms with Crippen molar-refractivity contribution in [3.8, 4) is 0 Å². The van der Waals surface area contributed by atoms with Crippen LogP contribution in [0.15, 0.2) is 11.0 Å². The van der Waals surface area contributed by atoms with E-state index in [0.717, 1.165) is 0 Å². The summed E-state index contributed by atoms with van der Waals surface area (Å²) in [5.74, 6) is -1.39. The second-order valence-electron chi connectivity index (χ2n) is 2.49. The quantitative estimate of drug-likeness (QED) is 0.646. The van der Waals surface area contributed by atoms with Crippen molar-refractivity contribution in [2.75, 3.05) is 0 Å². The first-order chi connectivity index (χ1) is 6.73. The highest BCUT2D eigenvalue weighted by molar-refractivity contribution is 14.1. The molecule has 2 N–H and O–H groups in total. The van der Waals surface area contributed by atoms with Gasteiger partial charge in [-0.25, -0.2) is 31.7 Å². The highest BCUT2D eigenvalue weighted by Gasteiger charge is 2.22. The third-order valence-electron chi connectivity index (χ3n) is 1.44. The minimum atomic E-state index is -4.15. The molecule has 0 spiro atoms. The van der Waals surface area contributed by atoms with Gasteiger partial charge in [-0.3, -0.25) is 0 Å². The predicted molar refractivity (Wildman–Crippen MR) is 53.2 cm³/mol. The number of halogens is 4. The molecule has 0 radical (unpaired) electrons. The zero-order valence-corrected chi connectivity index (χ0v) is 9.89. The summed E-state index contributed by atoms with van der Waals surface area (Å²) < 4.78 is 58.7. The second kappa shape index (κ2) is 4.22. The highest BCUT2D eigenvalue weighted by atomic mass is 127. The number of primary sulfonamides is 1. The first-order valence-corrected chi connectivity index (χ1v) is 6.03. The van der Waals surface area contributed by atoms with Gasteiger partial charge in [-0.1, -0.05) is 0 Å². The van der Waals surface area contributed by atoms with Crippen molar-refractivity contribution in [3.63, 3.8) is 0 Å². The zero-order valence-electron chi connectivity index (χ0n) is 6.92. The van der Waals surface area contributed by atoms with E-state index in [1.165, 1.54) is 22.6 Å². The van der Waals surface area contributed by atoms with Gasteiger partial charge >= 0.3 is 0 Å². The van der Waals surface area contributed by atoms with Crippen molar-refractivity contribution in [2.45, 2.75) is 11.3 Å². The number of nitrogens with zero attached hydrogens (tertiary/aromatic N) is 1. The van der Waals surface area contributed by atoms with Gasteiger partial charge in [0.1, 0.15) is 14.3 Å². The molecule has 0 aliphatic carbocycles. The van der Waals surface area contributed by atoms with E-state index in [-0.39, 0.29) is 3.70 Å². The van der Waals surface area contributed by atoms with Crippen LogP contribution in [0.1, 0.15) is 12.1 Å². The number of alkyl halides is 2. The van der Waals surface area contributed by atoms with Gasteiger partial charge in [0, 0.05) is 0 Å². The molecule has 0 fully saturated rings. The lowest BCUT2D eigenvalue weighted by Crippen LogP contribution is -2.16. The summed E-state index contributed by atoms with van der Waals surface area (Å²) in [6, 6.07) is 0.436. The van der Waals surface area contributed by atoms with Gasteiger partial charge in [-0.05, 0) is 28.7 Å². The maximum atomic E-state index is 12.9. The third-order valence-corrected chi connectivity index (χ3v) is 3.55. The lowest BCUT2D eigenvalue weighted by atomic mass is 10.3. The Kier molecular flexibility index (Phi) is 3.55. The summed E-state index contributed by atoms with van der Waals surface area (Å²) in [5, 5.41) is 4.73. The standard InChI is InChI=1S/C6H4F3IN2O2S/c7-2-1-3(15(11,13)14)6(10)12-4(2)5(8)9/h1,5H,(H2,11,13,14). The van der Waals surface area contributed by atoms with Crippen molar-refractivity contribution in [3.05, 3.63) is 21.3 Å². The van der Waals surface area contributed by atoms with Crippen LogP contribution >= 0.6 is 22.6 Å². The van der Waals surface area contributed by atoms with Crippen LogP contribution in [0.4, 0.5) is 13.2 Å². The predicted octanol–water partition coefficient (Wildman–Crippen LogP) is 1.41. The molecule has 0 aliphatic heterocycles. The third kappa shape index (κ3) is 2.78. The molecule has 0 atom stereocenters. The smallest absolute Gasteiger partial charge is 0.236 e. The van der Waals surface area contributed by atoms with Gasteiger partial charge in [0.2, 0.25) is 10.0 Å². The average molecular weight is 352 g/mol. The topological polar surface area (TPSA) is 73.1 Å². The Bertz CT molecular complexity index is 491. The maximum absolute atomic E-state index is 12.9. The second-order valence-corrected chi connectivity index (χ2v) is 5.04. The van der Waals surface area contributed by atoms with E-state index in [4.69, 9.17) is 5.14 Å². The van der Waals surface area contributed by atoms with Crippen LogP contribution in [0.3, 0.4) is 0 Å². The van der Waals surface area contributed by atoms with Crippen LogP contribution < -0.4 is 5.14 Å². The van der Waals surface area contributed by atoms with Crippen LogP contribution in [0, 0.1) is 9.52 Å². The molecule has 0 aliphatic rings. The van der Waals surface area contributed by atoms with E-state index >= 15 is 0 Å². The Morgan fingerprint density at radius 3 is 2.40 bits per heavy atom. The summed E-state index contributed by atoms with van der Waals surface area (Å²) >= 11 is 1.39. The van der Waals surface area contributed by atoms with Gasteiger partial charge in [-0.15, -0.1) is 0 Å². The van der Waals surface area contributed by atoms with Gasteiger partial charge in [0.15, 0.2) is 5.82 Å². The molecular weight excluding hydrogens is 348 g/mol. The molecule has 4 nitrogen and oxygen atoms in total. The Balaban J connectivity index is 3.46. The van der Waals surface area contributed by atoms with Crippen LogP contribution in [0.25, 0.3) is 0 Å². The molecule has 0 bridgehead atoms. The van der Waals surface area contributed by atoms with E-state index in [2.05, 4.69) is 4.98 Å². The number of hydrogen-bond acceptors (Lipinski definition) is 3. The molecule has 84 valence electrons. The summed E-state index contributed by atoms with van der Waals surface area (Å²) in [4.78, 5) is 2.53. The summed E-state index contributed by atoms with van der Waals surface area (Å²) in [6.45, 7) is 0. The SMILES string of the molecule is NS(=O)(=O)c1cc(F)c(C(F)F)nc1I. The van der Waals surface area contributed by atoms with Crippen LogP contribution in [-0.2, 0) is 10.0 Å². The van der Waals surface area contributed by atoms with Gasteiger partial charge < -0.3 is 0 Å². The van der Waals surface area contributed by atoms with E-state index < -0.39 is 32.9 Å². The highest BCUT2D eigenvalue weighted by Crippen LogP contribution is 2.24. The fourth-order valence-electron chi connectivity index (χ4n) is 0.815. The van der Waals surface area contributed by atoms with E-state index in [0.29, 0.717) is 6.07 Å². The molecule has 0 amide bonds. The Morgan fingerprint density at radius 1 is 1.47 bits per heavy atom. The van der Waals surface area contributed by atoms with E-state index in [1.807, 2.05) is 0 Å². The largest absolute Gasteiger partial charge is 0.283 e. The Hall–Kier alpha value is -0.420. The number of sulfonamides is 1. The molecule has 1 aromatic rings. The van der Waals surface area contributed by atoms with Crippen molar-refractivity contribution in [2.24, 2.45) is 5.14 Å². The van der Waals surface area contributed by atoms with Crippen LogP contribution in [0.2, 0.25) is 0 Å². The first-order valence-electron chi connectivity index (χ1n) is 3.40. The number of hydrogen-bond donors (Lipinski definition) is 1. The van der Waals surface area contributed by atoms with Crippen LogP contribution in [-0.4, -0.2) is 13.4 Å². The van der Waals surface area contributed by atoms with Crippen molar-refractivity contribution >= 4 is 32.6 Å². The van der Waals surface area contributed by atoms with Crippen molar-refractivity contribution in [1.29, 1.82) is 0 Å². The molecule has 1 heterocycles. The van der Waals surface area contributed by atoms with Crippen molar-refractivity contribution < 1.29 is 21.6 Å².